The van der Waals surface area contributed by atoms with Crippen LogP contribution in [0.5, 0.6) is 0 Å². The predicted molar refractivity (Wildman–Crippen MR) is 96.1 cm³/mol. The van der Waals surface area contributed by atoms with E-state index in [1.807, 2.05) is 32.9 Å². The summed E-state index contributed by atoms with van der Waals surface area (Å²) in [6.07, 6.45) is 0.834. The van der Waals surface area contributed by atoms with E-state index in [1.54, 1.807) is 10.6 Å². The molecule has 3 rings (SSSR count). The van der Waals surface area contributed by atoms with Gasteiger partial charge >= 0.3 is 0 Å². The SMILES string of the molecule is CCC(C)n1c(SCc2cccc(F)c2)nc2cc(C)[nH]c2c1=O. The minimum Gasteiger partial charge on any atom is -0.353 e. The van der Waals surface area contributed by atoms with Gasteiger partial charge in [-0.3, -0.25) is 9.36 Å². The first-order valence-electron chi connectivity index (χ1n) is 7.98. The molecule has 0 amide bonds. The van der Waals surface area contributed by atoms with E-state index in [2.05, 4.69) is 9.97 Å². The largest absolute Gasteiger partial charge is 0.353 e. The lowest BCUT2D eigenvalue weighted by Crippen LogP contribution is -2.26. The van der Waals surface area contributed by atoms with Crippen LogP contribution in [0.15, 0.2) is 40.3 Å². The Morgan fingerprint density at radius 1 is 1.38 bits per heavy atom. The van der Waals surface area contributed by atoms with E-state index in [0.29, 0.717) is 21.9 Å². The molecule has 6 heteroatoms. The third kappa shape index (κ3) is 3.24. The molecule has 0 aliphatic rings. The number of rotatable bonds is 5. The van der Waals surface area contributed by atoms with Gasteiger partial charge in [0.25, 0.3) is 5.56 Å². The molecule has 0 spiro atoms. The molecule has 2 heterocycles. The molecule has 4 nitrogen and oxygen atoms in total. The highest BCUT2D eigenvalue weighted by Crippen LogP contribution is 2.25. The second-order valence-electron chi connectivity index (χ2n) is 5.96. The normalized spacial score (nSPS) is 12.7. The molecule has 0 aliphatic carbocycles. The second-order valence-corrected chi connectivity index (χ2v) is 6.90. The van der Waals surface area contributed by atoms with Gasteiger partial charge in [0.05, 0.1) is 5.52 Å². The highest BCUT2D eigenvalue weighted by atomic mass is 32.2. The van der Waals surface area contributed by atoms with E-state index in [9.17, 15) is 9.18 Å². The van der Waals surface area contributed by atoms with E-state index < -0.39 is 0 Å². The molecule has 0 aliphatic heterocycles. The minimum absolute atomic E-state index is 0.0491. The Hall–Kier alpha value is -2.08. The molecule has 1 aromatic carbocycles. The fraction of sp³-hybridized carbons (Fsp3) is 0.333. The third-order valence-electron chi connectivity index (χ3n) is 4.07. The van der Waals surface area contributed by atoms with Crippen LogP contribution >= 0.6 is 11.8 Å². The number of aromatic nitrogens is 3. The van der Waals surface area contributed by atoms with Gasteiger partial charge in [-0.05, 0) is 44.0 Å². The van der Waals surface area contributed by atoms with E-state index in [-0.39, 0.29) is 17.4 Å². The van der Waals surface area contributed by atoms with Crippen molar-refractivity contribution >= 4 is 22.8 Å². The summed E-state index contributed by atoms with van der Waals surface area (Å²) in [6.45, 7) is 5.97. The lowest BCUT2D eigenvalue weighted by molar-refractivity contribution is 0.468. The molecule has 0 fully saturated rings. The number of fused-ring (bicyclic) bond motifs is 1. The summed E-state index contributed by atoms with van der Waals surface area (Å²) in [7, 11) is 0. The lowest BCUT2D eigenvalue weighted by Gasteiger charge is -2.17. The molecule has 24 heavy (non-hydrogen) atoms. The zero-order chi connectivity index (χ0) is 17.3. The van der Waals surface area contributed by atoms with Gasteiger partial charge in [-0.15, -0.1) is 0 Å². The summed E-state index contributed by atoms with van der Waals surface area (Å²) in [5.74, 6) is 0.312. The maximum Gasteiger partial charge on any atom is 0.278 e. The van der Waals surface area contributed by atoms with Crippen molar-refractivity contribution in [3.05, 3.63) is 57.8 Å². The first-order chi connectivity index (χ1) is 11.5. The van der Waals surface area contributed by atoms with Gasteiger partial charge in [-0.25, -0.2) is 9.37 Å². The number of hydrogen-bond acceptors (Lipinski definition) is 3. The van der Waals surface area contributed by atoms with Crippen LogP contribution in [0.25, 0.3) is 11.0 Å². The number of hydrogen-bond donors (Lipinski definition) is 1. The molecule has 1 unspecified atom stereocenters. The topological polar surface area (TPSA) is 50.7 Å². The number of benzene rings is 1. The van der Waals surface area contributed by atoms with Crippen LogP contribution in [0.3, 0.4) is 0 Å². The van der Waals surface area contributed by atoms with Crippen LogP contribution < -0.4 is 5.56 Å². The van der Waals surface area contributed by atoms with Gasteiger partial charge in [-0.1, -0.05) is 30.8 Å². The molecule has 0 bridgehead atoms. The number of aryl methyl sites for hydroxylation is 1. The Morgan fingerprint density at radius 3 is 2.88 bits per heavy atom. The molecule has 3 aromatic rings. The summed E-state index contributed by atoms with van der Waals surface area (Å²) in [5.41, 5.74) is 2.96. The van der Waals surface area contributed by atoms with Gasteiger partial charge in [0, 0.05) is 17.5 Å². The smallest absolute Gasteiger partial charge is 0.278 e. The van der Waals surface area contributed by atoms with Crippen molar-refractivity contribution in [1.29, 1.82) is 0 Å². The van der Waals surface area contributed by atoms with Crippen LogP contribution in [-0.4, -0.2) is 14.5 Å². The predicted octanol–water partition coefficient (Wildman–Crippen LogP) is 4.44. The van der Waals surface area contributed by atoms with E-state index >= 15 is 0 Å². The van der Waals surface area contributed by atoms with Crippen molar-refractivity contribution in [3.63, 3.8) is 0 Å². The van der Waals surface area contributed by atoms with Gasteiger partial charge in [0.15, 0.2) is 5.16 Å². The number of nitrogens with one attached hydrogen (secondary N) is 1. The van der Waals surface area contributed by atoms with E-state index in [4.69, 9.17) is 0 Å². The Kier molecular flexibility index (Phi) is 4.76. The number of aromatic amines is 1. The minimum atomic E-state index is -0.253. The molecular formula is C18H20FN3OS. The maximum absolute atomic E-state index is 13.3. The third-order valence-corrected chi connectivity index (χ3v) is 5.10. The van der Waals surface area contributed by atoms with Gasteiger partial charge in [0.1, 0.15) is 11.3 Å². The van der Waals surface area contributed by atoms with E-state index in [0.717, 1.165) is 17.7 Å². The van der Waals surface area contributed by atoms with Crippen LogP contribution in [-0.2, 0) is 5.75 Å². The summed E-state index contributed by atoms with van der Waals surface area (Å²) in [6, 6.07) is 8.44. The van der Waals surface area contributed by atoms with Crippen molar-refractivity contribution < 1.29 is 4.39 Å². The summed E-state index contributed by atoms with van der Waals surface area (Å²) < 4.78 is 15.1. The van der Waals surface area contributed by atoms with Crippen LogP contribution in [0.1, 0.15) is 37.6 Å². The Labute approximate surface area is 144 Å². The van der Waals surface area contributed by atoms with Crippen LogP contribution in [0.2, 0.25) is 0 Å². The average Bonchev–Trinajstić information content (AvgIpc) is 2.93. The molecule has 0 saturated carbocycles. The van der Waals surface area contributed by atoms with Crippen LogP contribution in [0.4, 0.5) is 4.39 Å². The van der Waals surface area contributed by atoms with Gasteiger partial charge in [0.2, 0.25) is 0 Å². The number of thioether (sulfide) groups is 1. The summed E-state index contributed by atoms with van der Waals surface area (Å²) in [4.78, 5) is 20.6. The molecule has 0 saturated heterocycles. The van der Waals surface area contributed by atoms with Gasteiger partial charge in [-0.2, -0.15) is 0 Å². The first-order valence-corrected chi connectivity index (χ1v) is 8.97. The fourth-order valence-electron chi connectivity index (χ4n) is 2.64. The zero-order valence-corrected chi connectivity index (χ0v) is 14.8. The monoisotopic (exact) mass is 345 g/mol. The standard InChI is InChI=1S/C18H20FN3OS/c1-4-12(3)22-17(23)16-15(8-11(2)20-16)21-18(22)24-10-13-6-5-7-14(19)9-13/h5-9,12,20H,4,10H2,1-3H3. The summed E-state index contributed by atoms with van der Waals surface area (Å²) in [5, 5.41) is 0.671. The summed E-state index contributed by atoms with van der Waals surface area (Å²) >= 11 is 1.46. The molecule has 1 atom stereocenters. The van der Waals surface area contributed by atoms with Crippen molar-refractivity contribution in [2.45, 2.75) is 44.1 Å². The van der Waals surface area contributed by atoms with Crippen LogP contribution in [0, 0.1) is 12.7 Å². The Balaban J connectivity index is 2.03. The van der Waals surface area contributed by atoms with Crippen molar-refractivity contribution in [2.24, 2.45) is 0 Å². The number of nitrogens with zero attached hydrogens (tertiary/aromatic N) is 2. The maximum atomic E-state index is 13.3. The zero-order valence-electron chi connectivity index (χ0n) is 14.0. The van der Waals surface area contributed by atoms with Gasteiger partial charge < -0.3 is 4.98 Å². The average molecular weight is 345 g/mol. The molecular weight excluding hydrogens is 325 g/mol. The molecule has 0 radical (unpaired) electrons. The Morgan fingerprint density at radius 2 is 2.17 bits per heavy atom. The van der Waals surface area contributed by atoms with Crippen molar-refractivity contribution in [2.75, 3.05) is 0 Å². The highest BCUT2D eigenvalue weighted by molar-refractivity contribution is 7.98. The van der Waals surface area contributed by atoms with Crippen molar-refractivity contribution in [3.8, 4) is 0 Å². The molecule has 126 valence electrons. The lowest BCUT2D eigenvalue weighted by atomic mass is 10.2. The fourth-order valence-corrected chi connectivity index (χ4v) is 3.68. The number of halogens is 1. The van der Waals surface area contributed by atoms with Crippen molar-refractivity contribution in [1.82, 2.24) is 14.5 Å². The highest BCUT2D eigenvalue weighted by Gasteiger charge is 2.17. The second kappa shape index (κ2) is 6.81. The molecule has 2 aromatic heterocycles. The van der Waals surface area contributed by atoms with E-state index in [1.165, 1.54) is 23.9 Å². The Bertz CT molecular complexity index is 932. The quantitative estimate of drug-likeness (QED) is 0.549. The first kappa shape index (κ1) is 16.8. The number of H-pyrrole nitrogens is 1. The molecule has 1 N–H and O–H groups in total.